The van der Waals surface area contributed by atoms with Crippen LogP contribution in [-0.2, 0) is 57.6 Å². The van der Waals surface area contributed by atoms with Crippen LogP contribution in [0.3, 0.4) is 0 Å². The second-order valence-electron chi connectivity index (χ2n) is 22.1. The molecule has 8 atom stereocenters. The van der Waals surface area contributed by atoms with Gasteiger partial charge in [-0.15, -0.1) is 0 Å². The number of nitrogens with one attached hydrogen (secondary N) is 10. The van der Waals surface area contributed by atoms with Crippen LogP contribution in [0.5, 0.6) is 0 Å². The molecule has 26 nitrogen and oxygen atoms in total. The minimum absolute atomic E-state index is 0.0589. The number of para-hydroxylation sites is 2. The van der Waals surface area contributed by atoms with Crippen molar-refractivity contribution in [2.24, 2.45) is 45.5 Å². The smallest absolute Gasteiger partial charge is 0.326 e. The van der Waals surface area contributed by atoms with E-state index in [9.17, 15) is 43.5 Å². The molecule has 7 amide bonds. The highest BCUT2D eigenvalue weighted by Crippen LogP contribution is 2.22. The Balaban J connectivity index is 1.45. The number of carboxylic acid groups (broad SMARTS) is 1. The highest BCUT2D eigenvalue weighted by molar-refractivity contribution is 5.98. The molecule has 26 heteroatoms. The number of fused-ring (bicyclic) bond motifs is 2. The van der Waals surface area contributed by atoms with Crippen molar-refractivity contribution in [3.63, 3.8) is 0 Å². The number of aromatic amines is 3. The van der Waals surface area contributed by atoms with Crippen molar-refractivity contribution < 1.29 is 43.5 Å². The van der Waals surface area contributed by atoms with E-state index in [2.05, 4.69) is 62.1 Å². The third kappa shape index (κ3) is 21.1. The lowest BCUT2D eigenvalue weighted by Crippen LogP contribution is -2.61. The Morgan fingerprint density at radius 1 is 0.524 bits per heavy atom. The van der Waals surface area contributed by atoms with Crippen LogP contribution < -0.4 is 65.9 Å². The average molecular weight is 1170 g/mol. The van der Waals surface area contributed by atoms with Gasteiger partial charge in [0, 0.05) is 71.9 Å². The minimum Gasteiger partial charge on any atom is -0.480 e. The van der Waals surface area contributed by atoms with Gasteiger partial charge >= 0.3 is 5.97 Å². The molecule has 0 saturated heterocycles. The fourth-order valence-electron chi connectivity index (χ4n) is 9.77. The zero-order valence-electron chi connectivity index (χ0n) is 48.5. The van der Waals surface area contributed by atoms with Gasteiger partial charge in [-0.25, -0.2) is 9.78 Å². The quantitative estimate of drug-likeness (QED) is 0.0147. The molecule has 0 saturated carbocycles. The predicted octanol–water partition coefficient (Wildman–Crippen LogP) is 0.609. The van der Waals surface area contributed by atoms with Gasteiger partial charge in [0.25, 0.3) is 0 Å². The number of carbonyl (C=O) groups excluding carboxylic acids is 7. The number of aliphatic carboxylic acids is 1. The van der Waals surface area contributed by atoms with Crippen LogP contribution in [0.2, 0.25) is 0 Å². The lowest BCUT2D eigenvalue weighted by Gasteiger charge is -2.29. The molecule has 5 aromatic rings. The van der Waals surface area contributed by atoms with E-state index in [4.69, 9.17) is 28.7 Å². The first-order chi connectivity index (χ1) is 40.2. The SMILES string of the molecule is CC(C)C[C@H](NC(=O)[C@H](Cc1c[nH]c2ccccc12)NC(=O)[C@H](CC(C)C)NC(=O)[C@H](Cc1c[nH]c2ccccc12)NC(=O)[C@H](CCCN=C(N)N)NC(=O)[C@@H](N)CCCCN)C(=O)N[C@@H](CCCCN)C(=O)N[C@@H](Cc1cnc[nH]1)C(=O)O. The molecule has 0 fully saturated rings. The van der Waals surface area contributed by atoms with Crippen LogP contribution in [0, 0.1) is 11.8 Å². The molecule has 84 heavy (non-hydrogen) atoms. The van der Waals surface area contributed by atoms with Gasteiger partial charge in [-0.3, -0.25) is 38.6 Å². The Morgan fingerprint density at radius 3 is 1.39 bits per heavy atom. The van der Waals surface area contributed by atoms with E-state index in [0.717, 1.165) is 21.8 Å². The van der Waals surface area contributed by atoms with E-state index in [1.165, 1.54) is 12.5 Å². The average Bonchev–Trinajstić information content (AvgIpc) is 3.55. The number of hydrogen-bond donors (Lipinski definition) is 16. The number of carboxylic acids is 1. The van der Waals surface area contributed by atoms with Gasteiger partial charge in [-0.1, -0.05) is 70.5 Å². The van der Waals surface area contributed by atoms with Crippen molar-refractivity contribution in [2.75, 3.05) is 19.6 Å². The number of H-pyrrole nitrogens is 3. The monoisotopic (exact) mass is 1170 g/mol. The molecule has 0 unspecified atom stereocenters. The number of aromatic nitrogens is 4. The van der Waals surface area contributed by atoms with Gasteiger partial charge in [0.1, 0.15) is 42.3 Å². The molecule has 0 aliphatic heterocycles. The minimum atomic E-state index is -1.37. The highest BCUT2D eigenvalue weighted by atomic mass is 16.4. The molecule has 0 aliphatic rings. The number of aliphatic imine (C=N–C) groups is 1. The highest BCUT2D eigenvalue weighted by Gasteiger charge is 2.36. The van der Waals surface area contributed by atoms with Gasteiger partial charge in [-0.2, -0.15) is 0 Å². The normalized spacial score (nSPS) is 14.3. The number of imidazole rings is 1. The van der Waals surface area contributed by atoms with E-state index in [1.54, 1.807) is 12.4 Å². The maximum atomic E-state index is 14.9. The zero-order valence-corrected chi connectivity index (χ0v) is 48.5. The van der Waals surface area contributed by atoms with Gasteiger partial charge in [0.2, 0.25) is 41.4 Å². The number of nitrogens with zero attached hydrogens (tertiary/aromatic N) is 2. The second-order valence-corrected chi connectivity index (χ2v) is 22.1. The second kappa shape index (κ2) is 33.7. The number of benzene rings is 2. The topological polar surface area (TPSA) is 444 Å². The van der Waals surface area contributed by atoms with Gasteiger partial charge < -0.3 is 85.9 Å². The number of nitrogens with two attached hydrogens (primary N) is 5. The molecule has 0 aliphatic carbocycles. The summed E-state index contributed by atoms with van der Waals surface area (Å²) in [5.74, 6) is -6.85. The molecule has 0 radical (unpaired) electrons. The lowest BCUT2D eigenvalue weighted by atomic mass is 9.98. The number of amides is 7. The largest absolute Gasteiger partial charge is 0.480 e. The maximum absolute atomic E-state index is 14.9. The number of unbranched alkanes of at least 4 members (excludes halogenated alkanes) is 2. The summed E-state index contributed by atoms with van der Waals surface area (Å²) in [4.78, 5) is 130. The summed E-state index contributed by atoms with van der Waals surface area (Å²) in [5, 5.41) is 31.1. The van der Waals surface area contributed by atoms with Crippen LogP contribution in [0.4, 0.5) is 0 Å². The van der Waals surface area contributed by atoms with E-state index in [-0.39, 0.29) is 75.7 Å². The Morgan fingerprint density at radius 2 is 0.940 bits per heavy atom. The molecule has 0 bridgehead atoms. The lowest BCUT2D eigenvalue weighted by molar-refractivity contribution is -0.142. The Kier molecular flexibility index (Phi) is 26.6. The molecule has 3 heterocycles. The van der Waals surface area contributed by atoms with Crippen molar-refractivity contribution >= 4 is 75.1 Å². The van der Waals surface area contributed by atoms with Gasteiger partial charge in [0.05, 0.1) is 12.4 Å². The summed E-state index contributed by atoms with van der Waals surface area (Å²) in [7, 11) is 0. The molecule has 5 rings (SSSR count). The van der Waals surface area contributed by atoms with E-state index < -0.39 is 95.7 Å². The van der Waals surface area contributed by atoms with Crippen LogP contribution in [0.15, 0.2) is 78.4 Å². The van der Waals surface area contributed by atoms with Crippen LogP contribution in [0.25, 0.3) is 21.8 Å². The molecule has 2 aromatic carbocycles. The van der Waals surface area contributed by atoms with E-state index in [1.807, 2.05) is 76.2 Å². The fourth-order valence-corrected chi connectivity index (χ4v) is 9.77. The molecular formula is C58H87N17O9. The van der Waals surface area contributed by atoms with Crippen molar-refractivity contribution in [1.29, 1.82) is 0 Å². The van der Waals surface area contributed by atoms with Crippen LogP contribution >= 0.6 is 0 Å². The number of carbonyl (C=O) groups is 8. The van der Waals surface area contributed by atoms with Crippen LogP contribution in [0.1, 0.15) is 109 Å². The predicted molar refractivity (Wildman–Crippen MR) is 320 cm³/mol. The molecule has 0 spiro atoms. The summed E-state index contributed by atoms with van der Waals surface area (Å²) >= 11 is 0. The molecule has 3 aromatic heterocycles. The fraction of sp³-hybridized carbons (Fsp3) is 0.517. The summed E-state index contributed by atoms with van der Waals surface area (Å²) in [6, 6.07) is 4.82. The molecular weight excluding hydrogens is 1080 g/mol. The third-order valence-electron chi connectivity index (χ3n) is 14.2. The zero-order chi connectivity index (χ0) is 61.3. The summed E-state index contributed by atoms with van der Waals surface area (Å²) in [6.45, 7) is 8.25. The first-order valence-electron chi connectivity index (χ1n) is 28.8. The molecule has 21 N–H and O–H groups in total. The molecule has 458 valence electrons. The number of rotatable bonds is 37. The number of hydrogen-bond acceptors (Lipinski definition) is 13. The van der Waals surface area contributed by atoms with Crippen molar-refractivity contribution in [3.8, 4) is 0 Å². The van der Waals surface area contributed by atoms with Gasteiger partial charge in [-0.05, 0) is 106 Å². The Bertz CT molecular complexity index is 2970. The van der Waals surface area contributed by atoms with Crippen molar-refractivity contribution in [2.45, 2.75) is 160 Å². The first-order valence-corrected chi connectivity index (χ1v) is 28.8. The van der Waals surface area contributed by atoms with Crippen molar-refractivity contribution in [1.82, 2.24) is 57.2 Å². The third-order valence-corrected chi connectivity index (χ3v) is 14.2. The van der Waals surface area contributed by atoms with Crippen molar-refractivity contribution in [3.05, 3.63) is 90.3 Å². The van der Waals surface area contributed by atoms with Gasteiger partial charge in [0.15, 0.2) is 5.96 Å². The Labute approximate surface area is 489 Å². The Hall–Kier alpha value is -8.36. The van der Waals surface area contributed by atoms with E-state index in [0.29, 0.717) is 62.0 Å². The van der Waals surface area contributed by atoms with Crippen LogP contribution in [-0.4, -0.2) is 146 Å². The summed E-state index contributed by atoms with van der Waals surface area (Å²) < 4.78 is 0. The van der Waals surface area contributed by atoms with E-state index >= 15 is 0 Å². The number of guanidine groups is 1. The first kappa shape index (κ1) is 66.4. The maximum Gasteiger partial charge on any atom is 0.326 e. The standard InChI is InChI=1S/C58H87N17O9/c1-33(2)24-45(53(79)70-43(19-10-12-22-60)52(78)75-49(57(83)84)28-37-31-64-32-68-37)71-56(82)48(27-36-30-67-42-18-8-6-15-39(36)42)74-54(80)46(25-34(3)4)72-55(81)47(26-35-29-66-41-17-7-5-14-38(35)41)73-51(77)44(20-13-23-65-58(62)63)69-50(76)40(61)16-9-11-21-59/h5-8,14-15,17-18,29-34,40,43-49,66-67H,9-13,16,19-28,59-61H2,1-4H3,(H,64,68)(H,69,76)(H,70,79)(H,71,82)(H,72,81)(H,73,77)(H,74,80)(H,75,78)(H,83,84)(H4,62,63,65)/t40-,43-,44-,45-,46-,47-,48-,49-/m0/s1. The summed E-state index contributed by atoms with van der Waals surface area (Å²) in [5.41, 5.74) is 32.1. The summed E-state index contributed by atoms with van der Waals surface area (Å²) in [6.07, 6.45) is 9.08.